The van der Waals surface area contributed by atoms with Gasteiger partial charge in [-0.1, -0.05) is 36.4 Å². The number of hydrogen-bond donors (Lipinski definition) is 1. The van der Waals surface area contributed by atoms with Gasteiger partial charge in [0.05, 0.1) is 0 Å². The minimum atomic E-state index is -0.749. The lowest BCUT2D eigenvalue weighted by atomic mass is 9.93. The summed E-state index contributed by atoms with van der Waals surface area (Å²) in [6.07, 6.45) is 0.582. The second kappa shape index (κ2) is 4.72. The molecule has 1 aliphatic rings. The average molecular weight is 231 g/mol. The van der Waals surface area contributed by atoms with E-state index in [1.54, 1.807) is 0 Å². The lowest BCUT2D eigenvalue weighted by Gasteiger charge is -2.34. The van der Waals surface area contributed by atoms with Crippen LogP contribution in [-0.2, 0) is 17.8 Å². The van der Waals surface area contributed by atoms with Crippen molar-refractivity contribution < 1.29 is 9.90 Å². The van der Waals surface area contributed by atoms with E-state index in [4.69, 9.17) is 0 Å². The Hall–Kier alpha value is -1.61. The Bertz CT molecular complexity index is 453. The third kappa shape index (κ3) is 2.56. The molecule has 0 radical (unpaired) electrons. The van der Waals surface area contributed by atoms with Crippen molar-refractivity contribution in [3.05, 3.63) is 47.5 Å². The van der Waals surface area contributed by atoms with E-state index in [0.717, 1.165) is 11.1 Å². The van der Waals surface area contributed by atoms with Crippen molar-refractivity contribution in [2.75, 3.05) is 6.54 Å². The van der Waals surface area contributed by atoms with E-state index < -0.39 is 12.0 Å². The quantitative estimate of drug-likeness (QED) is 0.810. The second-order valence-electron chi connectivity index (χ2n) is 4.69. The van der Waals surface area contributed by atoms with E-state index >= 15 is 0 Å². The summed E-state index contributed by atoms with van der Waals surface area (Å²) in [5.41, 5.74) is 3.37. The van der Waals surface area contributed by atoms with Crippen molar-refractivity contribution in [1.29, 1.82) is 0 Å². The predicted molar refractivity (Wildman–Crippen MR) is 66.8 cm³/mol. The number of carboxylic acid groups (broad SMARTS) is 1. The molecule has 0 bridgehead atoms. The SMILES string of the molecule is C=C(C)CN1Cc2ccccc2C[C@H]1C(=O)O. The van der Waals surface area contributed by atoms with Gasteiger partial charge in [-0.25, -0.2) is 0 Å². The number of nitrogens with zero attached hydrogens (tertiary/aromatic N) is 1. The van der Waals surface area contributed by atoms with Crippen LogP contribution in [0.1, 0.15) is 18.1 Å². The molecule has 0 fully saturated rings. The second-order valence-corrected chi connectivity index (χ2v) is 4.69. The molecule has 17 heavy (non-hydrogen) atoms. The van der Waals surface area contributed by atoms with Crippen LogP contribution in [0.5, 0.6) is 0 Å². The fourth-order valence-corrected chi connectivity index (χ4v) is 2.33. The van der Waals surface area contributed by atoms with Crippen LogP contribution < -0.4 is 0 Å². The molecule has 0 spiro atoms. The topological polar surface area (TPSA) is 40.5 Å². The summed E-state index contributed by atoms with van der Waals surface area (Å²) in [5.74, 6) is -0.749. The zero-order valence-electron chi connectivity index (χ0n) is 10.0. The van der Waals surface area contributed by atoms with Crippen molar-refractivity contribution in [3.63, 3.8) is 0 Å². The summed E-state index contributed by atoms with van der Waals surface area (Å²) in [5, 5.41) is 9.28. The molecule has 1 atom stereocenters. The first kappa shape index (κ1) is 11.9. The molecule has 0 saturated carbocycles. The van der Waals surface area contributed by atoms with Gasteiger partial charge < -0.3 is 5.11 Å². The molecule has 0 aromatic heterocycles. The average Bonchev–Trinajstić information content (AvgIpc) is 2.27. The van der Waals surface area contributed by atoms with Crippen LogP contribution in [0, 0.1) is 0 Å². The monoisotopic (exact) mass is 231 g/mol. The zero-order chi connectivity index (χ0) is 12.4. The molecule has 3 nitrogen and oxygen atoms in total. The molecule has 1 N–H and O–H groups in total. The van der Waals surface area contributed by atoms with Gasteiger partial charge in [0.2, 0.25) is 0 Å². The Balaban J connectivity index is 2.27. The standard InChI is InChI=1S/C14H17NO2/c1-10(2)8-15-9-12-6-4-3-5-11(12)7-13(15)14(16)17/h3-6,13H,1,7-9H2,2H3,(H,16,17)/t13-/m0/s1. The van der Waals surface area contributed by atoms with Gasteiger partial charge in [-0.3, -0.25) is 9.69 Å². The van der Waals surface area contributed by atoms with Crippen LogP contribution in [0.15, 0.2) is 36.4 Å². The number of benzene rings is 1. The molecule has 90 valence electrons. The van der Waals surface area contributed by atoms with Crippen LogP contribution in [0.2, 0.25) is 0 Å². The Morgan fingerprint density at radius 3 is 2.71 bits per heavy atom. The van der Waals surface area contributed by atoms with Crippen molar-refractivity contribution in [3.8, 4) is 0 Å². The van der Waals surface area contributed by atoms with Crippen LogP contribution >= 0.6 is 0 Å². The maximum atomic E-state index is 11.3. The van der Waals surface area contributed by atoms with Crippen LogP contribution in [-0.4, -0.2) is 28.6 Å². The van der Waals surface area contributed by atoms with Crippen molar-refractivity contribution in [2.24, 2.45) is 0 Å². The molecular formula is C14H17NO2. The van der Waals surface area contributed by atoms with E-state index in [2.05, 4.69) is 12.6 Å². The molecule has 0 unspecified atom stereocenters. The molecule has 3 heteroatoms. The molecular weight excluding hydrogens is 214 g/mol. The first-order valence-corrected chi connectivity index (χ1v) is 5.76. The fourth-order valence-electron chi connectivity index (χ4n) is 2.33. The number of hydrogen-bond acceptors (Lipinski definition) is 2. The first-order valence-electron chi connectivity index (χ1n) is 5.76. The molecule has 0 aliphatic carbocycles. The normalized spacial score (nSPS) is 19.7. The predicted octanol–water partition coefficient (Wildman–Crippen LogP) is 2.07. The summed E-state index contributed by atoms with van der Waals surface area (Å²) in [6.45, 7) is 7.13. The van der Waals surface area contributed by atoms with E-state index in [0.29, 0.717) is 19.5 Å². The van der Waals surface area contributed by atoms with E-state index in [-0.39, 0.29) is 0 Å². The molecule has 2 rings (SSSR count). The van der Waals surface area contributed by atoms with Gasteiger partial charge in [-0.15, -0.1) is 0 Å². The number of aliphatic carboxylic acids is 1. The molecule has 1 aromatic rings. The van der Waals surface area contributed by atoms with Gasteiger partial charge in [0.15, 0.2) is 0 Å². The Morgan fingerprint density at radius 1 is 1.47 bits per heavy atom. The highest BCUT2D eigenvalue weighted by Crippen LogP contribution is 2.23. The van der Waals surface area contributed by atoms with Gasteiger partial charge in [0, 0.05) is 13.1 Å². The molecule has 1 heterocycles. The third-order valence-electron chi connectivity index (χ3n) is 3.10. The van der Waals surface area contributed by atoms with Gasteiger partial charge in [-0.2, -0.15) is 0 Å². The zero-order valence-corrected chi connectivity index (χ0v) is 10.0. The summed E-state index contributed by atoms with van der Waals surface area (Å²) in [6, 6.07) is 7.62. The third-order valence-corrected chi connectivity index (χ3v) is 3.10. The summed E-state index contributed by atoms with van der Waals surface area (Å²) < 4.78 is 0. The summed E-state index contributed by atoms with van der Waals surface area (Å²) in [7, 11) is 0. The van der Waals surface area contributed by atoms with E-state index in [9.17, 15) is 9.90 Å². The number of carboxylic acids is 1. The smallest absolute Gasteiger partial charge is 0.321 e. The molecule has 0 amide bonds. The van der Waals surface area contributed by atoms with Crippen LogP contribution in [0.4, 0.5) is 0 Å². The van der Waals surface area contributed by atoms with Crippen molar-refractivity contribution >= 4 is 5.97 Å². The number of rotatable bonds is 3. The van der Waals surface area contributed by atoms with Gasteiger partial charge in [-0.05, 0) is 24.5 Å². The maximum Gasteiger partial charge on any atom is 0.321 e. The van der Waals surface area contributed by atoms with Gasteiger partial charge in [0.1, 0.15) is 6.04 Å². The highest BCUT2D eigenvalue weighted by Gasteiger charge is 2.30. The maximum absolute atomic E-state index is 11.3. The molecule has 0 saturated heterocycles. The van der Waals surface area contributed by atoms with Gasteiger partial charge in [0.25, 0.3) is 0 Å². The molecule has 1 aliphatic heterocycles. The van der Waals surface area contributed by atoms with Crippen LogP contribution in [0.25, 0.3) is 0 Å². The number of carbonyl (C=O) groups is 1. The van der Waals surface area contributed by atoms with E-state index in [1.807, 2.05) is 30.0 Å². The largest absolute Gasteiger partial charge is 0.480 e. The Labute approximate surface area is 101 Å². The van der Waals surface area contributed by atoms with Crippen LogP contribution in [0.3, 0.4) is 0 Å². The Kier molecular flexibility index (Phi) is 3.29. The summed E-state index contributed by atoms with van der Waals surface area (Å²) >= 11 is 0. The van der Waals surface area contributed by atoms with Gasteiger partial charge >= 0.3 is 5.97 Å². The minimum Gasteiger partial charge on any atom is -0.480 e. The highest BCUT2D eigenvalue weighted by molar-refractivity contribution is 5.74. The Morgan fingerprint density at radius 2 is 2.12 bits per heavy atom. The first-order chi connectivity index (χ1) is 8.08. The summed E-state index contributed by atoms with van der Waals surface area (Å²) in [4.78, 5) is 13.3. The fraction of sp³-hybridized carbons (Fsp3) is 0.357. The minimum absolute atomic E-state index is 0.429. The highest BCUT2D eigenvalue weighted by atomic mass is 16.4. The van der Waals surface area contributed by atoms with Crippen molar-refractivity contribution in [1.82, 2.24) is 4.90 Å². The van der Waals surface area contributed by atoms with E-state index in [1.165, 1.54) is 5.56 Å². The molecule has 1 aromatic carbocycles. The lowest BCUT2D eigenvalue weighted by molar-refractivity contribution is -0.143. The van der Waals surface area contributed by atoms with Crippen molar-refractivity contribution in [2.45, 2.75) is 25.9 Å². The lowest BCUT2D eigenvalue weighted by Crippen LogP contribution is -2.46. The number of fused-ring (bicyclic) bond motifs is 1.